The van der Waals surface area contributed by atoms with Gasteiger partial charge in [-0.05, 0) is 35.8 Å². The Balaban J connectivity index is 3.39. The molecule has 0 aliphatic rings. The minimum atomic E-state index is -1.48. The maximum atomic E-state index is 13.5. The minimum absolute atomic E-state index is 0.0464. The number of guanidine groups is 1. The number of phenols is 1. The van der Waals surface area contributed by atoms with E-state index in [9.17, 15) is 29.1 Å². The number of nitrogens with one attached hydrogen (secondary N) is 3. The predicted molar refractivity (Wildman–Crippen MR) is 153 cm³/mol. The molecule has 0 bridgehead atoms. The standard InChI is InChI=1S/C27H43N7O7/c1-26(2,3)15-10-14(11-16(21(15)38)27(4,5)6)22(39)33-17(8-7-9-31-25(29)30)24(41)34-18(12-19(28)35)23(40)32-13-20(36)37/h10-11,17-18,38H,7-9,12-13H2,1-6H3,(H2,28,35)(H,32,40)(H,33,39)(H,34,41)(H,36,37)(H4,29,30,31)/t17-,18-/m0/s1. The number of carbonyl (C=O) groups is 5. The summed E-state index contributed by atoms with van der Waals surface area (Å²) in [7, 11) is 0. The van der Waals surface area contributed by atoms with Gasteiger partial charge in [-0.3, -0.25) is 29.0 Å². The van der Waals surface area contributed by atoms with E-state index >= 15 is 0 Å². The van der Waals surface area contributed by atoms with E-state index in [1.807, 2.05) is 41.5 Å². The summed E-state index contributed by atoms with van der Waals surface area (Å²) >= 11 is 0. The van der Waals surface area contributed by atoms with Crippen LogP contribution in [0.15, 0.2) is 17.1 Å². The molecule has 0 saturated carbocycles. The molecule has 1 aromatic rings. The number of aliphatic imine (C=N–C) groups is 1. The van der Waals surface area contributed by atoms with Gasteiger partial charge in [-0.15, -0.1) is 0 Å². The number of carboxylic acids is 1. The molecular formula is C27H43N7O7. The molecule has 0 radical (unpaired) electrons. The zero-order chi connectivity index (χ0) is 31.7. The number of carbonyl (C=O) groups excluding carboxylic acids is 4. The van der Waals surface area contributed by atoms with Crippen LogP contribution in [0.5, 0.6) is 5.75 Å². The number of hydrogen-bond acceptors (Lipinski definition) is 7. The summed E-state index contributed by atoms with van der Waals surface area (Å²) in [5.41, 5.74) is 16.2. The Morgan fingerprint density at radius 1 is 0.878 bits per heavy atom. The van der Waals surface area contributed by atoms with Crippen LogP contribution in [0, 0.1) is 0 Å². The van der Waals surface area contributed by atoms with E-state index in [0.717, 1.165) is 0 Å². The lowest BCUT2D eigenvalue weighted by Crippen LogP contribution is -2.55. The van der Waals surface area contributed by atoms with E-state index in [0.29, 0.717) is 11.1 Å². The molecule has 0 aliphatic carbocycles. The molecule has 0 spiro atoms. The molecule has 14 nitrogen and oxygen atoms in total. The molecule has 4 amide bonds. The number of amides is 4. The quantitative estimate of drug-likeness (QED) is 0.0868. The first-order chi connectivity index (χ1) is 18.7. The lowest BCUT2D eigenvalue weighted by atomic mass is 9.78. The van der Waals surface area contributed by atoms with Crippen molar-refractivity contribution in [3.05, 3.63) is 28.8 Å². The van der Waals surface area contributed by atoms with Gasteiger partial charge in [-0.2, -0.15) is 0 Å². The van der Waals surface area contributed by atoms with Crippen molar-refractivity contribution in [2.24, 2.45) is 22.2 Å². The number of hydrogen-bond donors (Lipinski definition) is 8. The fraction of sp³-hybridized carbons (Fsp3) is 0.556. The highest BCUT2D eigenvalue weighted by molar-refractivity contribution is 5.99. The van der Waals surface area contributed by atoms with Crippen LogP contribution >= 0.6 is 0 Å². The fourth-order valence-electron chi connectivity index (χ4n) is 3.89. The molecule has 1 aromatic carbocycles. The van der Waals surface area contributed by atoms with Crippen LogP contribution in [-0.4, -0.2) is 70.9 Å². The molecule has 0 saturated heterocycles. The number of nitrogens with zero attached hydrogens (tertiary/aromatic N) is 1. The highest BCUT2D eigenvalue weighted by Gasteiger charge is 2.31. The molecule has 0 aliphatic heterocycles. The van der Waals surface area contributed by atoms with Crippen molar-refractivity contribution in [1.29, 1.82) is 0 Å². The van der Waals surface area contributed by atoms with E-state index < -0.39 is 65.5 Å². The van der Waals surface area contributed by atoms with Gasteiger partial charge in [0.05, 0.1) is 6.42 Å². The van der Waals surface area contributed by atoms with Crippen LogP contribution in [0.3, 0.4) is 0 Å². The minimum Gasteiger partial charge on any atom is -0.507 e. The number of phenolic OH excluding ortho intramolecular Hbond substituents is 1. The fourth-order valence-corrected chi connectivity index (χ4v) is 3.89. The summed E-state index contributed by atoms with van der Waals surface area (Å²) in [5.74, 6) is -4.69. The van der Waals surface area contributed by atoms with Crippen LogP contribution in [0.4, 0.5) is 0 Å². The Kier molecular flexibility index (Phi) is 12.1. The lowest BCUT2D eigenvalue weighted by Gasteiger charge is -2.28. The Labute approximate surface area is 239 Å². The van der Waals surface area contributed by atoms with Crippen LogP contribution in [0.1, 0.15) is 82.3 Å². The monoisotopic (exact) mass is 577 g/mol. The molecular weight excluding hydrogens is 534 g/mol. The number of carboxylic acid groups (broad SMARTS) is 1. The summed E-state index contributed by atoms with van der Waals surface area (Å²) in [6.45, 7) is 10.8. The summed E-state index contributed by atoms with van der Waals surface area (Å²) in [6.07, 6.45) is -0.295. The highest BCUT2D eigenvalue weighted by atomic mass is 16.4. The van der Waals surface area contributed by atoms with Crippen molar-refractivity contribution in [3.8, 4) is 5.75 Å². The number of benzene rings is 1. The van der Waals surface area contributed by atoms with Gasteiger partial charge < -0.3 is 43.4 Å². The lowest BCUT2D eigenvalue weighted by molar-refractivity contribution is -0.138. The second kappa shape index (κ2) is 14.3. The molecule has 0 aromatic heterocycles. The molecule has 11 N–H and O–H groups in total. The van der Waals surface area contributed by atoms with Crippen molar-refractivity contribution in [2.45, 2.75) is 83.7 Å². The smallest absolute Gasteiger partial charge is 0.322 e. The van der Waals surface area contributed by atoms with Gasteiger partial charge in [0.25, 0.3) is 5.91 Å². The van der Waals surface area contributed by atoms with Crippen LogP contribution < -0.4 is 33.2 Å². The van der Waals surface area contributed by atoms with Crippen LogP contribution in [0.2, 0.25) is 0 Å². The molecule has 228 valence electrons. The highest BCUT2D eigenvalue weighted by Crippen LogP contribution is 2.39. The molecule has 41 heavy (non-hydrogen) atoms. The molecule has 0 unspecified atom stereocenters. The third-order valence-electron chi connectivity index (χ3n) is 6.01. The van der Waals surface area contributed by atoms with E-state index in [1.165, 1.54) is 0 Å². The Bertz CT molecular complexity index is 1140. The Hall–Kier alpha value is -4.36. The van der Waals surface area contributed by atoms with Gasteiger partial charge in [-0.25, -0.2) is 0 Å². The average Bonchev–Trinajstić information content (AvgIpc) is 2.81. The summed E-state index contributed by atoms with van der Waals surface area (Å²) in [5, 5.41) is 26.9. The molecule has 2 atom stereocenters. The molecule has 1 rings (SSSR count). The summed E-state index contributed by atoms with van der Waals surface area (Å²) < 4.78 is 0. The van der Waals surface area contributed by atoms with Crippen molar-refractivity contribution in [1.82, 2.24) is 16.0 Å². The van der Waals surface area contributed by atoms with Crippen molar-refractivity contribution in [2.75, 3.05) is 13.1 Å². The van der Waals surface area contributed by atoms with Crippen molar-refractivity contribution >= 4 is 35.6 Å². The first-order valence-corrected chi connectivity index (χ1v) is 13.1. The van der Waals surface area contributed by atoms with E-state index in [2.05, 4.69) is 20.9 Å². The third kappa shape index (κ3) is 11.3. The summed E-state index contributed by atoms with van der Waals surface area (Å²) in [4.78, 5) is 65.5. The first kappa shape index (κ1) is 34.7. The summed E-state index contributed by atoms with van der Waals surface area (Å²) in [6, 6.07) is 0.432. The van der Waals surface area contributed by atoms with Gasteiger partial charge in [0.2, 0.25) is 17.7 Å². The molecule has 0 fully saturated rings. The third-order valence-corrected chi connectivity index (χ3v) is 6.01. The number of primary amides is 1. The normalized spacial score (nSPS) is 12.9. The van der Waals surface area contributed by atoms with Crippen molar-refractivity contribution in [3.63, 3.8) is 0 Å². The number of rotatable bonds is 13. The average molecular weight is 578 g/mol. The second-order valence-corrected chi connectivity index (χ2v) is 11.7. The maximum Gasteiger partial charge on any atom is 0.322 e. The maximum absolute atomic E-state index is 13.5. The Morgan fingerprint density at radius 3 is 1.85 bits per heavy atom. The molecule has 14 heteroatoms. The van der Waals surface area contributed by atoms with E-state index in [1.54, 1.807) is 12.1 Å². The second-order valence-electron chi connectivity index (χ2n) is 11.7. The largest absolute Gasteiger partial charge is 0.507 e. The first-order valence-electron chi connectivity index (χ1n) is 13.1. The number of aliphatic carboxylic acids is 1. The van der Waals surface area contributed by atoms with Gasteiger partial charge in [0.15, 0.2) is 5.96 Å². The SMILES string of the molecule is CC(C)(C)c1cc(C(=O)N[C@@H](CCCN=C(N)N)C(=O)N[C@@H](CC(N)=O)C(=O)NCC(=O)O)cc(C(C)(C)C)c1O. The van der Waals surface area contributed by atoms with Gasteiger partial charge in [0, 0.05) is 23.2 Å². The van der Waals surface area contributed by atoms with Gasteiger partial charge in [0.1, 0.15) is 24.4 Å². The van der Waals surface area contributed by atoms with Gasteiger partial charge >= 0.3 is 5.97 Å². The van der Waals surface area contributed by atoms with Crippen LogP contribution in [0.25, 0.3) is 0 Å². The van der Waals surface area contributed by atoms with Crippen molar-refractivity contribution < 1.29 is 34.2 Å². The topological polar surface area (TPSA) is 252 Å². The van der Waals surface area contributed by atoms with Crippen LogP contribution in [-0.2, 0) is 30.0 Å². The zero-order valence-corrected chi connectivity index (χ0v) is 24.5. The zero-order valence-electron chi connectivity index (χ0n) is 24.5. The van der Waals surface area contributed by atoms with Gasteiger partial charge in [-0.1, -0.05) is 41.5 Å². The Morgan fingerprint density at radius 2 is 1.41 bits per heavy atom. The predicted octanol–water partition coefficient (Wildman–Crippen LogP) is -0.300. The van der Waals surface area contributed by atoms with E-state index in [-0.39, 0.29) is 36.7 Å². The number of aromatic hydroxyl groups is 1. The van der Waals surface area contributed by atoms with E-state index in [4.69, 9.17) is 22.3 Å². The number of nitrogens with two attached hydrogens (primary N) is 3. The molecule has 0 heterocycles.